The van der Waals surface area contributed by atoms with E-state index in [4.69, 9.17) is 0 Å². The van der Waals surface area contributed by atoms with Gasteiger partial charge in [0.05, 0.1) is 35.2 Å². The third-order valence-corrected chi connectivity index (χ3v) is 4.98. The van der Waals surface area contributed by atoms with Crippen LogP contribution in [0.15, 0.2) is 36.7 Å². The third kappa shape index (κ3) is 4.24. The Hall–Kier alpha value is -2.96. The van der Waals surface area contributed by atoms with Gasteiger partial charge >= 0.3 is 6.03 Å². The predicted octanol–water partition coefficient (Wildman–Crippen LogP) is 2.83. The number of para-hydroxylation sites is 2. The van der Waals surface area contributed by atoms with Gasteiger partial charge in [-0.2, -0.15) is 0 Å². The first kappa shape index (κ1) is 17.5. The second-order valence-corrected chi connectivity index (χ2v) is 7.17. The monoisotopic (exact) mass is 364 g/mol. The molecule has 1 saturated heterocycles. The first-order chi connectivity index (χ1) is 13.2. The van der Waals surface area contributed by atoms with Crippen LogP contribution in [0.25, 0.3) is 11.0 Å². The number of amides is 2. The lowest BCUT2D eigenvalue weighted by Crippen LogP contribution is -2.45. The second kappa shape index (κ2) is 7.73. The molecule has 2 amide bonds. The van der Waals surface area contributed by atoms with E-state index in [-0.39, 0.29) is 6.03 Å². The average Bonchev–Trinajstić information content (AvgIpc) is 3.09. The van der Waals surface area contributed by atoms with Gasteiger partial charge in [0.15, 0.2) is 0 Å². The minimum Gasteiger partial charge on any atom is -0.342 e. The molecule has 0 aliphatic carbocycles. The van der Waals surface area contributed by atoms with E-state index < -0.39 is 0 Å². The van der Waals surface area contributed by atoms with E-state index in [9.17, 15) is 4.79 Å². The van der Waals surface area contributed by atoms with Gasteiger partial charge in [0, 0.05) is 25.7 Å². The van der Waals surface area contributed by atoms with Crippen molar-refractivity contribution < 1.29 is 4.79 Å². The predicted molar refractivity (Wildman–Crippen MR) is 103 cm³/mol. The first-order valence-corrected chi connectivity index (χ1v) is 9.41. The number of carbonyl (C=O) groups excluding carboxylic acids is 1. The number of nitrogens with zero attached hydrogens (tertiary/aromatic N) is 4. The van der Waals surface area contributed by atoms with Crippen molar-refractivity contribution in [1.82, 2.24) is 30.2 Å². The number of hydrogen-bond donors (Lipinski definition) is 2. The van der Waals surface area contributed by atoms with Gasteiger partial charge in [-0.3, -0.25) is 9.97 Å². The largest absolute Gasteiger partial charge is 0.342 e. The number of aromatic amines is 1. The van der Waals surface area contributed by atoms with Crippen molar-refractivity contribution in [2.24, 2.45) is 5.92 Å². The fourth-order valence-electron chi connectivity index (χ4n) is 3.58. The minimum absolute atomic E-state index is 0.0355. The molecule has 4 rings (SSSR count). The zero-order valence-corrected chi connectivity index (χ0v) is 15.5. The zero-order valence-electron chi connectivity index (χ0n) is 15.5. The van der Waals surface area contributed by atoms with E-state index in [1.807, 2.05) is 36.1 Å². The Balaban J connectivity index is 1.33. The summed E-state index contributed by atoms with van der Waals surface area (Å²) in [6, 6.07) is 8.03. The summed E-state index contributed by atoms with van der Waals surface area (Å²) in [5, 5.41) is 2.96. The number of rotatable bonds is 4. The molecular weight excluding hydrogens is 340 g/mol. The van der Waals surface area contributed by atoms with Crippen molar-refractivity contribution >= 4 is 17.1 Å². The lowest BCUT2D eigenvalue weighted by Gasteiger charge is -2.32. The molecule has 27 heavy (non-hydrogen) atoms. The zero-order chi connectivity index (χ0) is 18.6. The smallest absolute Gasteiger partial charge is 0.317 e. The molecular formula is C20H24N6O. The average molecular weight is 364 g/mol. The van der Waals surface area contributed by atoms with Crippen molar-refractivity contribution in [2.45, 2.75) is 32.7 Å². The van der Waals surface area contributed by atoms with Gasteiger partial charge in [0.2, 0.25) is 0 Å². The number of imidazole rings is 1. The fraction of sp³-hybridized carbons (Fsp3) is 0.400. The molecule has 1 atom stereocenters. The Labute approximate surface area is 158 Å². The molecule has 0 unspecified atom stereocenters. The molecule has 1 aliphatic rings. The molecule has 0 saturated carbocycles. The molecule has 7 heteroatoms. The number of aryl methyl sites for hydroxylation is 1. The van der Waals surface area contributed by atoms with E-state index in [1.165, 1.54) is 0 Å². The number of carbonyl (C=O) groups is 1. The molecule has 1 aromatic carbocycles. The summed E-state index contributed by atoms with van der Waals surface area (Å²) in [6.07, 6.45) is 6.41. The van der Waals surface area contributed by atoms with Crippen LogP contribution in [0, 0.1) is 12.8 Å². The van der Waals surface area contributed by atoms with Crippen molar-refractivity contribution in [3.8, 4) is 0 Å². The highest BCUT2D eigenvalue weighted by Gasteiger charge is 2.24. The highest BCUT2D eigenvalue weighted by Crippen LogP contribution is 2.21. The van der Waals surface area contributed by atoms with Gasteiger partial charge in [0.25, 0.3) is 0 Å². The maximum atomic E-state index is 12.5. The van der Waals surface area contributed by atoms with Gasteiger partial charge in [-0.25, -0.2) is 9.78 Å². The third-order valence-electron chi connectivity index (χ3n) is 4.98. The van der Waals surface area contributed by atoms with Gasteiger partial charge < -0.3 is 15.2 Å². The molecule has 7 nitrogen and oxygen atoms in total. The highest BCUT2D eigenvalue weighted by atomic mass is 16.2. The number of nitrogens with one attached hydrogen (secondary N) is 2. The van der Waals surface area contributed by atoms with Crippen LogP contribution in [-0.2, 0) is 13.0 Å². The van der Waals surface area contributed by atoms with Crippen molar-refractivity contribution in [2.75, 3.05) is 13.1 Å². The summed E-state index contributed by atoms with van der Waals surface area (Å²) in [6.45, 7) is 3.84. The quantitative estimate of drug-likeness (QED) is 0.745. The van der Waals surface area contributed by atoms with E-state index in [0.717, 1.165) is 60.6 Å². The summed E-state index contributed by atoms with van der Waals surface area (Å²) in [5.74, 6) is 1.42. The Bertz CT molecular complexity index is 887. The Morgan fingerprint density at radius 2 is 2.19 bits per heavy atom. The summed E-state index contributed by atoms with van der Waals surface area (Å²) >= 11 is 0. The molecule has 0 radical (unpaired) electrons. The van der Waals surface area contributed by atoms with Crippen LogP contribution >= 0.6 is 0 Å². The summed E-state index contributed by atoms with van der Waals surface area (Å²) in [7, 11) is 0. The van der Waals surface area contributed by atoms with Crippen LogP contribution in [0.3, 0.4) is 0 Å². The van der Waals surface area contributed by atoms with Crippen LogP contribution in [0.4, 0.5) is 4.79 Å². The lowest BCUT2D eigenvalue weighted by atomic mass is 9.95. The van der Waals surface area contributed by atoms with Gasteiger partial charge in [-0.05, 0) is 37.8 Å². The number of hydrogen-bond acceptors (Lipinski definition) is 4. The summed E-state index contributed by atoms with van der Waals surface area (Å²) in [4.78, 5) is 31.0. The van der Waals surface area contributed by atoms with Crippen molar-refractivity contribution in [3.05, 3.63) is 53.9 Å². The number of urea groups is 1. The van der Waals surface area contributed by atoms with E-state index in [1.54, 1.807) is 12.4 Å². The fourth-order valence-corrected chi connectivity index (χ4v) is 3.58. The molecule has 2 aromatic heterocycles. The molecule has 1 aliphatic heterocycles. The Kier molecular flexibility index (Phi) is 5.00. The van der Waals surface area contributed by atoms with Gasteiger partial charge in [-0.15, -0.1) is 0 Å². The van der Waals surface area contributed by atoms with Crippen molar-refractivity contribution in [1.29, 1.82) is 0 Å². The van der Waals surface area contributed by atoms with Crippen LogP contribution in [0.2, 0.25) is 0 Å². The Morgan fingerprint density at radius 1 is 1.30 bits per heavy atom. The van der Waals surface area contributed by atoms with Gasteiger partial charge in [0.1, 0.15) is 5.82 Å². The highest BCUT2D eigenvalue weighted by molar-refractivity contribution is 5.75. The van der Waals surface area contributed by atoms with E-state index >= 15 is 0 Å². The number of likely N-dealkylation sites (tertiary alicyclic amines) is 1. The molecule has 0 spiro atoms. The molecule has 3 heterocycles. The van der Waals surface area contributed by atoms with Crippen molar-refractivity contribution in [3.63, 3.8) is 0 Å². The maximum absolute atomic E-state index is 12.5. The normalized spacial score (nSPS) is 17.2. The van der Waals surface area contributed by atoms with Gasteiger partial charge in [-0.1, -0.05) is 12.1 Å². The maximum Gasteiger partial charge on any atom is 0.317 e. The molecule has 0 bridgehead atoms. The number of fused-ring (bicyclic) bond motifs is 1. The first-order valence-electron chi connectivity index (χ1n) is 9.41. The molecule has 1 fully saturated rings. The van der Waals surface area contributed by atoms with Crippen LogP contribution in [0.5, 0.6) is 0 Å². The minimum atomic E-state index is -0.0355. The SMILES string of the molecule is Cc1cnc(CNC(=O)N2CCC[C@@H](Cc3nc4ccccc4[nH]3)C2)cn1. The Morgan fingerprint density at radius 3 is 3.00 bits per heavy atom. The van der Waals surface area contributed by atoms with Crippen LogP contribution in [-0.4, -0.2) is 44.0 Å². The number of H-pyrrole nitrogens is 1. The standard InChI is InChI=1S/C20H24N6O/c1-14-10-22-16(11-21-14)12-23-20(27)26-8-4-5-15(13-26)9-19-24-17-6-2-3-7-18(17)25-19/h2-3,6-7,10-11,15H,4-5,8-9,12-13H2,1H3,(H,23,27)(H,24,25)/t15-/m0/s1. The van der Waals surface area contributed by atoms with Crippen LogP contribution < -0.4 is 5.32 Å². The van der Waals surface area contributed by atoms with E-state index in [0.29, 0.717) is 12.5 Å². The molecule has 140 valence electrons. The molecule has 3 aromatic rings. The topological polar surface area (TPSA) is 86.8 Å². The van der Waals surface area contributed by atoms with E-state index in [2.05, 4.69) is 25.3 Å². The summed E-state index contributed by atoms with van der Waals surface area (Å²) < 4.78 is 0. The molecule has 2 N–H and O–H groups in total. The lowest BCUT2D eigenvalue weighted by molar-refractivity contribution is 0.164. The second-order valence-electron chi connectivity index (χ2n) is 7.17. The van der Waals surface area contributed by atoms with Crippen LogP contribution in [0.1, 0.15) is 30.1 Å². The summed E-state index contributed by atoms with van der Waals surface area (Å²) in [5.41, 5.74) is 3.70. The number of aromatic nitrogens is 4. The number of benzene rings is 1. The number of piperidine rings is 1.